The topological polar surface area (TPSA) is 27.5 Å². The van der Waals surface area contributed by atoms with Crippen LogP contribution in [0.2, 0.25) is 0 Å². The van der Waals surface area contributed by atoms with E-state index in [0.29, 0.717) is 12.1 Å². The summed E-state index contributed by atoms with van der Waals surface area (Å²) in [5.74, 6) is 5.47. The molecule has 2 bridgehead atoms. The van der Waals surface area contributed by atoms with Crippen molar-refractivity contribution in [3.63, 3.8) is 0 Å². The lowest BCUT2D eigenvalue weighted by atomic mass is 9.86. The monoisotopic (exact) mass is 410 g/mol. The molecule has 5 atom stereocenters. The summed E-state index contributed by atoms with van der Waals surface area (Å²) in [6.45, 7) is 5.85. The number of rotatable bonds is 9. The highest BCUT2D eigenvalue weighted by atomic mass is 16.5. The second-order valence-electron chi connectivity index (χ2n) is 10.3. The molecule has 0 amide bonds. The molecular formula is C26H40N3O+. The van der Waals surface area contributed by atoms with Crippen molar-refractivity contribution in [1.29, 1.82) is 0 Å². The second kappa shape index (κ2) is 8.80. The molecule has 1 aromatic carbocycles. The van der Waals surface area contributed by atoms with Crippen LogP contribution in [0.1, 0.15) is 63.9 Å². The molecule has 1 aromatic rings. The van der Waals surface area contributed by atoms with Gasteiger partial charge in [-0.1, -0.05) is 38.3 Å². The Morgan fingerprint density at radius 1 is 1.13 bits per heavy atom. The van der Waals surface area contributed by atoms with Crippen molar-refractivity contribution in [3.05, 3.63) is 29.8 Å². The van der Waals surface area contributed by atoms with E-state index in [1.807, 2.05) is 0 Å². The minimum Gasteiger partial charge on any atom is -0.497 e. The second-order valence-corrected chi connectivity index (χ2v) is 10.3. The van der Waals surface area contributed by atoms with E-state index in [0.717, 1.165) is 36.5 Å². The quantitative estimate of drug-likeness (QED) is 0.616. The Bertz CT molecular complexity index is 758. The Morgan fingerprint density at radius 2 is 2.00 bits per heavy atom. The number of nitrogens with zero attached hydrogens (tertiary/aromatic N) is 2. The maximum atomic E-state index is 5.36. The van der Waals surface area contributed by atoms with Crippen LogP contribution in [-0.2, 0) is 6.42 Å². The average molecular weight is 411 g/mol. The highest BCUT2D eigenvalue weighted by molar-refractivity contribution is 5.78. The van der Waals surface area contributed by atoms with Gasteiger partial charge in [-0.05, 0) is 67.6 Å². The predicted molar refractivity (Wildman–Crippen MR) is 122 cm³/mol. The Morgan fingerprint density at radius 3 is 2.70 bits per heavy atom. The first-order chi connectivity index (χ1) is 14.7. The van der Waals surface area contributed by atoms with Gasteiger partial charge in [-0.25, -0.2) is 0 Å². The fourth-order valence-electron chi connectivity index (χ4n) is 6.82. The molecule has 5 unspecified atom stereocenters. The van der Waals surface area contributed by atoms with Crippen LogP contribution in [0, 0.1) is 17.8 Å². The van der Waals surface area contributed by atoms with Gasteiger partial charge in [0.25, 0.3) is 0 Å². The molecule has 2 fully saturated rings. The van der Waals surface area contributed by atoms with Crippen LogP contribution in [-0.4, -0.2) is 54.3 Å². The predicted octanol–water partition coefficient (Wildman–Crippen LogP) is 4.28. The minimum absolute atomic E-state index is 0.587. The van der Waals surface area contributed by atoms with Crippen LogP contribution in [0.5, 0.6) is 5.75 Å². The smallest absolute Gasteiger partial charge is 0.349 e. The SMILES string of the molecule is CCCCC1CNC2=[N+]1CC(Cc1ccc(OC)cc1)N2CCC1CC2CCC1C2. The Hall–Kier alpha value is -1.71. The fourth-order valence-corrected chi connectivity index (χ4v) is 6.82. The van der Waals surface area contributed by atoms with Gasteiger partial charge >= 0.3 is 5.96 Å². The third-order valence-corrected chi connectivity index (χ3v) is 8.48. The van der Waals surface area contributed by atoms with Gasteiger partial charge in [-0.3, -0.25) is 14.8 Å². The van der Waals surface area contributed by atoms with E-state index in [-0.39, 0.29) is 0 Å². The maximum Gasteiger partial charge on any atom is 0.349 e. The van der Waals surface area contributed by atoms with Crippen molar-refractivity contribution in [1.82, 2.24) is 10.2 Å². The Balaban J connectivity index is 1.28. The molecule has 5 rings (SSSR count). The zero-order valence-electron chi connectivity index (χ0n) is 19.0. The molecule has 2 saturated carbocycles. The van der Waals surface area contributed by atoms with Gasteiger partial charge in [-0.2, -0.15) is 0 Å². The van der Waals surface area contributed by atoms with E-state index < -0.39 is 0 Å². The third kappa shape index (κ3) is 3.94. The first-order valence-electron chi connectivity index (χ1n) is 12.5. The lowest BCUT2D eigenvalue weighted by molar-refractivity contribution is -0.550. The first-order valence-corrected chi connectivity index (χ1v) is 12.5. The van der Waals surface area contributed by atoms with Crippen LogP contribution in [0.3, 0.4) is 0 Å². The highest BCUT2D eigenvalue weighted by Crippen LogP contribution is 2.49. The summed E-state index contributed by atoms with van der Waals surface area (Å²) in [4.78, 5) is 2.75. The molecule has 0 radical (unpaired) electrons. The highest BCUT2D eigenvalue weighted by Gasteiger charge is 2.46. The summed E-state index contributed by atoms with van der Waals surface area (Å²) in [7, 11) is 1.75. The largest absolute Gasteiger partial charge is 0.497 e. The van der Waals surface area contributed by atoms with E-state index in [1.54, 1.807) is 7.11 Å². The molecule has 4 heteroatoms. The number of guanidine groups is 1. The van der Waals surface area contributed by atoms with Crippen LogP contribution >= 0.6 is 0 Å². The zero-order chi connectivity index (χ0) is 20.5. The molecule has 1 N–H and O–H groups in total. The third-order valence-electron chi connectivity index (χ3n) is 8.48. The summed E-state index contributed by atoms with van der Waals surface area (Å²) in [6.07, 6.45) is 12.5. The summed E-state index contributed by atoms with van der Waals surface area (Å²) in [6, 6.07) is 10.0. The number of benzene rings is 1. The van der Waals surface area contributed by atoms with Crippen molar-refractivity contribution in [3.8, 4) is 5.75 Å². The van der Waals surface area contributed by atoms with Gasteiger partial charge in [-0.15, -0.1) is 0 Å². The lowest BCUT2D eigenvalue weighted by Gasteiger charge is -2.26. The average Bonchev–Trinajstić information content (AvgIpc) is 3.54. The summed E-state index contributed by atoms with van der Waals surface area (Å²) >= 11 is 0. The number of fused-ring (bicyclic) bond motifs is 2. The van der Waals surface area contributed by atoms with E-state index >= 15 is 0 Å². The fraction of sp³-hybridized carbons (Fsp3) is 0.731. The molecule has 0 spiro atoms. The molecule has 2 aliphatic heterocycles. The van der Waals surface area contributed by atoms with Gasteiger partial charge in [0.1, 0.15) is 24.4 Å². The molecule has 0 aromatic heterocycles. The number of methoxy groups -OCH3 is 1. The molecule has 30 heavy (non-hydrogen) atoms. The summed E-state index contributed by atoms with van der Waals surface area (Å²) in [5, 5.41) is 3.82. The van der Waals surface area contributed by atoms with Gasteiger partial charge in [0, 0.05) is 6.42 Å². The number of hydrogen-bond donors (Lipinski definition) is 1. The number of nitrogens with one attached hydrogen (secondary N) is 1. The first kappa shape index (κ1) is 20.2. The Labute approximate surface area is 182 Å². The minimum atomic E-state index is 0.587. The standard InChI is InChI=1S/C26H39N3O/c1-3-4-5-23-17-27-26-28(13-12-22-15-20-6-9-21(22)14-20)24(18-29(23)26)16-19-7-10-25(30-2)11-8-19/h7-8,10-11,20-24H,3-6,9,12-18H2,1-2H3/p+1. The van der Waals surface area contributed by atoms with Crippen LogP contribution < -0.4 is 10.1 Å². The molecule has 0 saturated heterocycles. The van der Waals surface area contributed by atoms with E-state index in [1.165, 1.54) is 76.0 Å². The number of unbranched alkanes of at least 4 members (excludes halogenated alkanes) is 1. The van der Waals surface area contributed by atoms with Crippen molar-refractivity contribution >= 4 is 5.96 Å². The van der Waals surface area contributed by atoms with Gasteiger partial charge < -0.3 is 4.74 Å². The van der Waals surface area contributed by atoms with Crippen molar-refractivity contribution in [2.75, 3.05) is 26.7 Å². The van der Waals surface area contributed by atoms with Gasteiger partial charge in [0.05, 0.1) is 20.2 Å². The van der Waals surface area contributed by atoms with E-state index in [2.05, 4.69) is 46.0 Å². The zero-order valence-corrected chi connectivity index (χ0v) is 19.0. The Kier molecular flexibility index (Phi) is 5.93. The molecule has 2 aliphatic carbocycles. The number of ether oxygens (including phenoxy) is 1. The molecule has 4 aliphatic rings. The maximum absolute atomic E-state index is 5.36. The van der Waals surface area contributed by atoms with Crippen LogP contribution in [0.4, 0.5) is 0 Å². The van der Waals surface area contributed by atoms with Gasteiger partial charge in [0.15, 0.2) is 0 Å². The van der Waals surface area contributed by atoms with Gasteiger partial charge in [0.2, 0.25) is 0 Å². The van der Waals surface area contributed by atoms with Crippen LogP contribution in [0.15, 0.2) is 24.3 Å². The molecule has 164 valence electrons. The lowest BCUT2D eigenvalue weighted by Crippen LogP contribution is -2.45. The molecular weight excluding hydrogens is 370 g/mol. The summed E-state index contributed by atoms with van der Waals surface area (Å²) < 4.78 is 8.07. The van der Waals surface area contributed by atoms with Crippen molar-refractivity contribution in [2.45, 2.75) is 76.8 Å². The van der Waals surface area contributed by atoms with Crippen molar-refractivity contribution in [2.24, 2.45) is 17.8 Å². The normalized spacial score (nSPS) is 32.1. The van der Waals surface area contributed by atoms with Crippen molar-refractivity contribution < 1.29 is 9.31 Å². The van der Waals surface area contributed by atoms with E-state index in [9.17, 15) is 0 Å². The number of hydrogen-bond acceptors (Lipinski definition) is 3. The summed E-state index contributed by atoms with van der Waals surface area (Å²) in [5.41, 5.74) is 1.43. The van der Waals surface area contributed by atoms with Crippen LogP contribution in [0.25, 0.3) is 0 Å². The molecule has 4 nitrogen and oxygen atoms in total. The van der Waals surface area contributed by atoms with E-state index in [4.69, 9.17) is 4.74 Å². The molecule has 2 heterocycles.